The van der Waals surface area contributed by atoms with Gasteiger partial charge in [-0.1, -0.05) is 0 Å². The first kappa shape index (κ1) is 14.7. The predicted molar refractivity (Wildman–Crippen MR) is 45.3 cm³/mol. The Morgan fingerprint density at radius 2 is 1.13 bits per heavy atom. The SMILES string of the molecule is O=S(=O)([O-])[C@H](O)CCC[C@@H](O)S(=O)(=O)[O-]. The van der Waals surface area contributed by atoms with Crippen molar-refractivity contribution in [1.82, 2.24) is 0 Å². The number of aliphatic hydroxyl groups excluding tert-OH is 2. The van der Waals surface area contributed by atoms with Crippen LogP contribution in [0.1, 0.15) is 19.3 Å². The number of hydrogen-bond donors (Lipinski definition) is 2. The molecule has 0 bridgehead atoms. The summed E-state index contributed by atoms with van der Waals surface area (Å²) in [5, 5.41) is 17.4. The monoisotopic (exact) mass is 262 g/mol. The fourth-order valence-corrected chi connectivity index (χ4v) is 1.67. The second-order valence-corrected chi connectivity index (χ2v) is 5.89. The van der Waals surface area contributed by atoms with Crippen molar-refractivity contribution in [3.05, 3.63) is 0 Å². The van der Waals surface area contributed by atoms with Crippen molar-refractivity contribution in [3.63, 3.8) is 0 Å². The van der Waals surface area contributed by atoms with Gasteiger partial charge < -0.3 is 19.3 Å². The molecule has 0 aromatic rings. The molecule has 0 aromatic carbocycles. The van der Waals surface area contributed by atoms with Crippen LogP contribution in [-0.2, 0) is 20.2 Å². The van der Waals surface area contributed by atoms with Crippen LogP contribution in [0.4, 0.5) is 0 Å². The minimum absolute atomic E-state index is 0.273. The Hall–Kier alpha value is -0.260. The lowest BCUT2D eigenvalue weighted by Gasteiger charge is -2.17. The fraction of sp³-hybridized carbons (Fsp3) is 1.00. The Morgan fingerprint density at radius 1 is 0.867 bits per heavy atom. The lowest BCUT2D eigenvalue weighted by molar-refractivity contribution is 0.192. The van der Waals surface area contributed by atoms with E-state index in [2.05, 4.69) is 0 Å². The summed E-state index contributed by atoms with van der Waals surface area (Å²) in [7, 11) is -9.68. The van der Waals surface area contributed by atoms with E-state index in [9.17, 15) is 25.9 Å². The molecule has 2 atom stereocenters. The van der Waals surface area contributed by atoms with E-state index in [1.165, 1.54) is 0 Å². The standard InChI is InChI=1S/C5H12O8S2/c6-4(14(8,9)10)2-1-3-5(7)15(11,12)13/h4-7H,1-3H2,(H,8,9,10)(H,11,12,13)/p-2/t4-,5-/m0/s1. The summed E-state index contributed by atoms with van der Waals surface area (Å²) in [5.74, 6) is 0. The van der Waals surface area contributed by atoms with Crippen LogP contribution in [0.25, 0.3) is 0 Å². The third-order valence-corrected chi connectivity index (χ3v) is 3.37. The summed E-state index contributed by atoms with van der Waals surface area (Å²) >= 11 is 0. The first-order valence-corrected chi connectivity index (χ1v) is 6.75. The lowest BCUT2D eigenvalue weighted by Crippen LogP contribution is -2.23. The molecule has 0 aliphatic carbocycles. The van der Waals surface area contributed by atoms with Crippen LogP contribution < -0.4 is 0 Å². The molecule has 2 N–H and O–H groups in total. The van der Waals surface area contributed by atoms with Gasteiger partial charge in [-0.25, -0.2) is 16.8 Å². The number of hydrogen-bond acceptors (Lipinski definition) is 8. The molecular weight excluding hydrogens is 252 g/mol. The van der Waals surface area contributed by atoms with Gasteiger partial charge in [0.25, 0.3) is 0 Å². The largest absolute Gasteiger partial charge is 0.746 e. The molecule has 0 amide bonds. The zero-order valence-corrected chi connectivity index (χ0v) is 9.07. The van der Waals surface area contributed by atoms with Crippen LogP contribution in [0.5, 0.6) is 0 Å². The Balaban J connectivity index is 4.03. The molecule has 0 aromatic heterocycles. The van der Waals surface area contributed by atoms with Crippen LogP contribution in [0, 0.1) is 0 Å². The third-order valence-electron chi connectivity index (χ3n) is 1.57. The van der Waals surface area contributed by atoms with Crippen molar-refractivity contribution in [2.24, 2.45) is 0 Å². The molecule has 0 unspecified atom stereocenters. The average molecular weight is 262 g/mol. The predicted octanol–water partition coefficient (Wildman–Crippen LogP) is -2.12. The van der Waals surface area contributed by atoms with Gasteiger partial charge in [0.05, 0.1) is 0 Å². The summed E-state index contributed by atoms with van der Waals surface area (Å²) in [4.78, 5) is 0. The first-order chi connectivity index (χ1) is 6.55. The molecule has 0 saturated heterocycles. The molecule has 0 aliphatic rings. The van der Waals surface area contributed by atoms with E-state index in [-0.39, 0.29) is 6.42 Å². The van der Waals surface area contributed by atoms with E-state index in [4.69, 9.17) is 10.2 Å². The van der Waals surface area contributed by atoms with Gasteiger partial charge in [0.15, 0.2) is 0 Å². The highest BCUT2D eigenvalue weighted by Gasteiger charge is 2.15. The lowest BCUT2D eigenvalue weighted by atomic mass is 10.2. The van der Waals surface area contributed by atoms with Crippen LogP contribution in [0.15, 0.2) is 0 Å². The normalized spacial score (nSPS) is 17.3. The van der Waals surface area contributed by atoms with E-state index in [1.54, 1.807) is 0 Å². The van der Waals surface area contributed by atoms with Crippen molar-refractivity contribution in [2.75, 3.05) is 0 Å². The highest BCUT2D eigenvalue weighted by Crippen LogP contribution is 2.10. The minimum Gasteiger partial charge on any atom is -0.746 e. The molecular formula is C5H10O8S2-2. The van der Waals surface area contributed by atoms with Gasteiger partial charge in [-0.05, 0) is 19.3 Å². The van der Waals surface area contributed by atoms with Crippen LogP contribution in [0.2, 0.25) is 0 Å². The summed E-state index contributed by atoms with van der Waals surface area (Å²) in [5.41, 5.74) is -4.31. The molecule has 15 heavy (non-hydrogen) atoms. The number of aliphatic hydroxyl groups is 2. The van der Waals surface area contributed by atoms with Crippen LogP contribution in [-0.4, -0.2) is 47.0 Å². The van der Waals surface area contributed by atoms with Crippen molar-refractivity contribution < 1.29 is 36.2 Å². The maximum absolute atomic E-state index is 10.2. The molecule has 0 aliphatic heterocycles. The second kappa shape index (κ2) is 5.18. The summed E-state index contributed by atoms with van der Waals surface area (Å²) in [6.45, 7) is 0. The Bertz CT molecular complexity index is 343. The second-order valence-electron chi connectivity index (χ2n) is 2.83. The highest BCUT2D eigenvalue weighted by molar-refractivity contribution is 7.86. The van der Waals surface area contributed by atoms with E-state index in [1.807, 2.05) is 0 Å². The van der Waals surface area contributed by atoms with Crippen molar-refractivity contribution in [1.29, 1.82) is 0 Å². The Labute approximate surface area is 87.0 Å². The summed E-state index contributed by atoms with van der Waals surface area (Å²) in [6.07, 6.45) is -1.33. The fourth-order valence-electron chi connectivity index (χ4n) is 0.756. The smallest absolute Gasteiger partial charge is 0.143 e. The van der Waals surface area contributed by atoms with Gasteiger partial charge in [0.1, 0.15) is 31.1 Å². The van der Waals surface area contributed by atoms with Gasteiger partial charge in [-0.15, -0.1) is 0 Å². The maximum Gasteiger partial charge on any atom is 0.143 e. The van der Waals surface area contributed by atoms with Crippen LogP contribution >= 0.6 is 0 Å². The van der Waals surface area contributed by atoms with Gasteiger partial charge in [-0.3, -0.25) is 0 Å². The molecule has 0 rings (SSSR count). The van der Waals surface area contributed by atoms with E-state index < -0.39 is 43.9 Å². The highest BCUT2D eigenvalue weighted by atomic mass is 32.2. The number of rotatable bonds is 6. The Kier molecular flexibility index (Phi) is 5.09. The van der Waals surface area contributed by atoms with Crippen molar-refractivity contribution >= 4 is 20.2 Å². The third kappa shape index (κ3) is 6.02. The van der Waals surface area contributed by atoms with Crippen molar-refractivity contribution in [2.45, 2.75) is 30.1 Å². The average Bonchev–Trinajstić information content (AvgIpc) is 2.00. The van der Waals surface area contributed by atoms with Gasteiger partial charge in [0, 0.05) is 0 Å². The quantitative estimate of drug-likeness (QED) is 0.515. The van der Waals surface area contributed by atoms with Gasteiger partial charge in [0.2, 0.25) is 0 Å². The molecule has 0 radical (unpaired) electrons. The van der Waals surface area contributed by atoms with E-state index in [0.717, 1.165) is 0 Å². The first-order valence-electron chi connectivity index (χ1n) is 3.80. The summed E-state index contributed by atoms with van der Waals surface area (Å²) < 4.78 is 60.9. The Morgan fingerprint density at radius 3 is 1.33 bits per heavy atom. The maximum atomic E-state index is 10.2. The molecule has 0 heterocycles. The summed E-state index contributed by atoms with van der Waals surface area (Å²) in [6, 6.07) is 0. The van der Waals surface area contributed by atoms with E-state index >= 15 is 0 Å². The topological polar surface area (TPSA) is 155 Å². The zero-order chi connectivity index (χ0) is 12.3. The minimum atomic E-state index is -4.84. The molecule has 0 saturated carbocycles. The van der Waals surface area contributed by atoms with E-state index in [0.29, 0.717) is 0 Å². The molecule has 0 spiro atoms. The molecule has 8 nitrogen and oxygen atoms in total. The molecule has 0 fully saturated rings. The van der Waals surface area contributed by atoms with Crippen molar-refractivity contribution in [3.8, 4) is 0 Å². The van der Waals surface area contributed by atoms with Crippen LogP contribution in [0.3, 0.4) is 0 Å². The van der Waals surface area contributed by atoms with Gasteiger partial charge >= 0.3 is 0 Å². The van der Waals surface area contributed by atoms with Gasteiger partial charge in [-0.2, -0.15) is 0 Å². The molecule has 92 valence electrons. The zero-order valence-electron chi connectivity index (χ0n) is 7.44. The molecule has 10 heteroatoms.